The summed E-state index contributed by atoms with van der Waals surface area (Å²) in [6.45, 7) is 17.4. The normalized spacial score (nSPS) is 21.9. The van der Waals surface area contributed by atoms with E-state index in [-0.39, 0.29) is 6.09 Å². The van der Waals surface area contributed by atoms with Gasteiger partial charge in [0.1, 0.15) is 11.8 Å². The number of ether oxygens (including phenoxy) is 1. The Bertz CT molecular complexity index is 798. The first kappa shape index (κ1) is 23.9. The van der Waals surface area contributed by atoms with Crippen LogP contribution in [0.25, 0.3) is 0 Å². The SMILES string of the molecule is CC(F)c1cc(B2OC(C)(C)C(C)(C)O2)ccc1N1CCN(C(=O)OC(C)(C)C)CC1. The fraction of sp³-hybridized carbons (Fsp3) is 0.696. The maximum atomic E-state index is 14.6. The molecular weight excluding hydrogens is 398 g/mol. The average molecular weight is 434 g/mol. The maximum Gasteiger partial charge on any atom is 0.494 e. The molecule has 2 aliphatic rings. The van der Waals surface area contributed by atoms with Gasteiger partial charge in [-0.15, -0.1) is 0 Å². The second-order valence-electron chi connectivity index (χ2n) is 10.5. The molecule has 0 aromatic heterocycles. The second-order valence-corrected chi connectivity index (χ2v) is 10.5. The summed E-state index contributed by atoms with van der Waals surface area (Å²) in [7, 11) is -0.527. The van der Waals surface area contributed by atoms with E-state index in [1.165, 1.54) is 0 Å². The summed E-state index contributed by atoms with van der Waals surface area (Å²) in [6.07, 6.45) is -1.44. The Kier molecular flexibility index (Phi) is 6.37. The van der Waals surface area contributed by atoms with E-state index in [0.29, 0.717) is 31.7 Å². The number of anilines is 1. The summed E-state index contributed by atoms with van der Waals surface area (Å²) < 4.78 is 32.4. The molecule has 172 valence electrons. The Hall–Kier alpha value is -1.80. The zero-order valence-electron chi connectivity index (χ0n) is 20.1. The molecule has 31 heavy (non-hydrogen) atoms. The molecule has 3 rings (SSSR count). The molecule has 0 bridgehead atoms. The summed E-state index contributed by atoms with van der Waals surface area (Å²) in [6, 6.07) is 5.74. The number of rotatable bonds is 3. The van der Waals surface area contributed by atoms with Crippen molar-refractivity contribution in [3.63, 3.8) is 0 Å². The fourth-order valence-corrected chi connectivity index (χ4v) is 3.76. The van der Waals surface area contributed by atoms with E-state index < -0.39 is 30.1 Å². The van der Waals surface area contributed by atoms with Crippen LogP contribution in [0, 0.1) is 0 Å². The molecule has 8 heteroatoms. The van der Waals surface area contributed by atoms with Crippen LogP contribution < -0.4 is 10.4 Å². The summed E-state index contributed by atoms with van der Waals surface area (Å²) in [4.78, 5) is 16.2. The minimum absolute atomic E-state index is 0.303. The highest BCUT2D eigenvalue weighted by molar-refractivity contribution is 6.62. The molecule has 1 unspecified atom stereocenters. The maximum absolute atomic E-state index is 14.6. The smallest absolute Gasteiger partial charge is 0.444 e. The summed E-state index contributed by atoms with van der Waals surface area (Å²) in [5.74, 6) is 0. The van der Waals surface area contributed by atoms with Gasteiger partial charge in [-0.05, 0) is 66.9 Å². The van der Waals surface area contributed by atoms with Gasteiger partial charge in [0.15, 0.2) is 0 Å². The molecule has 2 saturated heterocycles. The van der Waals surface area contributed by atoms with Crippen LogP contribution in [0.1, 0.15) is 67.1 Å². The van der Waals surface area contributed by atoms with Gasteiger partial charge in [0, 0.05) is 37.4 Å². The van der Waals surface area contributed by atoms with Crippen molar-refractivity contribution >= 4 is 24.4 Å². The molecule has 0 radical (unpaired) electrons. The molecule has 2 heterocycles. The molecule has 0 spiro atoms. The first-order valence-corrected chi connectivity index (χ1v) is 11.1. The Labute approximate surface area is 186 Å². The fourth-order valence-electron chi connectivity index (χ4n) is 3.76. The standard InChI is InChI=1S/C23H36BFN2O4/c1-16(25)18-15-17(24-30-22(5,6)23(7,8)31-24)9-10-19(18)26-11-13-27(14-12-26)20(28)29-21(2,3)4/h9-10,15-16H,11-14H2,1-8H3. The van der Waals surface area contributed by atoms with Gasteiger partial charge in [-0.2, -0.15) is 0 Å². The van der Waals surface area contributed by atoms with Crippen LogP contribution >= 0.6 is 0 Å². The van der Waals surface area contributed by atoms with E-state index in [2.05, 4.69) is 4.90 Å². The minimum atomic E-state index is -1.14. The van der Waals surface area contributed by atoms with Crippen LogP contribution in [0.3, 0.4) is 0 Å². The Balaban J connectivity index is 1.74. The molecule has 2 aliphatic heterocycles. The molecule has 1 amide bonds. The molecule has 0 saturated carbocycles. The number of benzene rings is 1. The molecule has 1 aromatic carbocycles. The Morgan fingerprint density at radius 3 is 2.13 bits per heavy atom. The first-order chi connectivity index (χ1) is 14.2. The van der Waals surface area contributed by atoms with Gasteiger partial charge in [0.05, 0.1) is 11.2 Å². The largest absolute Gasteiger partial charge is 0.494 e. The van der Waals surface area contributed by atoms with Crippen LogP contribution in [0.2, 0.25) is 0 Å². The number of alkyl halides is 1. The van der Waals surface area contributed by atoms with Crippen molar-refractivity contribution in [3.8, 4) is 0 Å². The van der Waals surface area contributed by atoms with Gasteiger partial charge in [0.25, 0.3) is 0 Å². The van der Waals surface area contributed by atoms with Gasteiger partial charge in [-0.25, -0.2) is 9.18 Å². The van der Waals surface area contributed by atoms with Crippen molar-refractivity contribution in [2.45, 2.75) is 78.4 Å². The lowest BCUT2D eigenvalue weighted by Crippen LogP contribution is -2.50. The van der Waals surface area contributed by atoms with Gasteiger partial charge < -0.3 is 23.8 Å². The zero-order valence-corrected chi connectivity index (χ0v) is 20.1. The molecule has 1 atom stereocenters. The number of carbonyl (C=O) groups is 1. The lowest BCUT2D eigenvalue weighted by Gasteiger charge is -2.37. The Morgan fingerprint density at radius 2 is 1.65 bits per heavy atom. The third-order valence-electron chi connectivity index (χ3n) is 6.28. The van der Waals surface area contributed by atoms with E-state index >= 15 is 0 Å². The van der Waals surface area contributed by atoms with Crippen LogP contribution in [0.4, 0.5) is 14.9 Å². The predicted molar refractivity (Wildman–Crippen MR) is 122 cm³/mol. The number of nitrogens with zero attached hydrogens (tertiary/aromatic N) is 2. The second kappa shape index (κ2) is 8.28. The highest BCUT2D eigenvalue weighted by Crippen LogP contribution is 2.37. The van der Waals surface area contributed by atoms with Crippen molar-refractivity contribution in [2.75, 3.05) is 31.1 Å². The summed E-state index contributed by atoms with van der Waals surface area (Å²) >= 11 is 0. The molecule has 6 nitrogen and oxygen atoms in total. The van der Waals surface area contributed by atoms with Gasteiger partial charge in [-0.1, -0.05) is 12.1 Å². The lowest BCUT2D eigenvalue weighted by atomic mass is 9.77. The average Bonchev–Trinajstić information content (AvgIpc) is 2.87. The van der Waals surface area contributed by atoms with Gasteiger partial charge >= 0.3 is 13.2 Å². The van der Waals surface area contributed by atoms with E-state index in [9.17, 15) is 9.18 Å². The number of amides is 1. The third-order valence-corrected chi connectivity index (χ3v) is 6.28. The molecule has 1 aromatic rings. The van der Waals surface area contributed by atoms with E-state index in [0.717, 1.165) is 11.2 Å². The molecule has 2 fully saturated rings. The molecule has 0 aliphatic carbocycles. The highest BCUT2D eigenvalue weighted by atomic mass is 19.1. The number of carbonyl (C=O) groups excluding carboxylic acids is 1. The van der Waals surface area contributed by atoms with Gasteiger partial charge in [-0.3, -0.25) is 0 Å². The third kappa shape index (κ3) is 5.17. The monoisotopic (exact) mass is 434 g/mol. The molecule has 0 N–H and O–H groups in total. The summed E-state index contributed by atoms with van der Waals surface area (Å²) in [5, 5.41) is 0. The van der Waals surface area contributed by atoms with Crippen molar-refractivity contribution in [1.82, 2.24) is 4.90 Å². The van der Waals surface area contributed by atoms with Crippen molar-refractivity contribution in [2.24, 2.45) is 0 Å². The number of piperazine rings is 1. The van der Waals surface area contributed by atoms with Crippen molar-refractivity contribution in [1.29, 1.82) is 0 Å². The minimum Gasteiger partial charge on any atom is -0.444 e. The van der Waals surface area contributed by atoms with Crippen LogP contribution in [0.5, 0.6) is 0 Å². The van der Waals surface area contributed by atoms with Gasteiger partial charge in [0.2, 0.25) is 0 Å². The Morgan fingerprint density at radius 1 is 1.10 bits per heavy atom. The quantitative estimate of drug-likeness (QED) is 0.672. The lowest BCUT2D eigenvalue weighted by molar-refractivity contribution is 0.00578. The number of hydrogen-bond donors (Lipinski definition) is 0. The van der Waals surface area contributed by atoms with Crippen molar-refractivity contribution in [3.05, 3.63) is 23.8 Å². The number of halogens is 1. The number of hydrogen-bond acceptors (Lipinski definition) is 5. The van der Waals surface area contributed by atoms with Crippen LogP contribution in [-0.4, -0.2) is 61.1 Å². The highest BCUT2D eigenvalue weighted by Gasteiger charge is 2.51. The topological polar surface area (TPSA) is 51.2 Å². The van der Waals surface area contributed by atoms with Crippen LogP contribution in [-0.2, 0) is 14.0 Å². The zero-order chi connectivity index (χ0) is 23.2. The predicted octanol–water partition coefficient (Wildman–Crippen LogP) is 4.07. The molecular formula is C23H36BFN2O4. The van der Waals surface area contributed by atoms with Crippen LogP contribution in [0.15, 0.2) is 18.2 Å². The van der Waals surface area contributed by atoms with E-state index in [4.69, 9.17) is 14.0 Å². The van der Waals surface area contributed by atoms with E-state index in [1.807, 2.05) is 66.7 Å². The van der Waals surface area contributed by atoms with E-state index in [1.54, 1.807) is 11.8 Å². The first-order valence-electron chi connectivity index (χ1n) is 11.1. The van der Waals surface area contributed by atoms with Crippen molar-refractivity contribution < 1.29 is 23.2 Å². The summed E-state index contributed by atoms with van der Waals surface area (Å²) in [5.41, 5.74) is 0.853.